The molecule has 1 amide bonds. The number of thiazole rings is 1. The first-order valence-corrected chi connectivity index (χ1v) is 12.0. The standard InChI is InChI=1S/C26H27N3O4S/c1-5-28(6-2)18-9-11-19(12-10-18)29-22(17-7-13-20(30)14-8-17)21(24(32)26(29)33)23(31)25-15(3)27-16(4)34-25/h7-14,22,30,32H,5-6H2,1-4H3. The second-order valence-electron chi connectivity index (χ2n) is 8.10. The number of aliphatic hydroxyl groups excluding tert-OH is 1. The third-order valence-electron chi connectivity index (χ3n) is 6.03. The molecule has 0 fully saturated rings. The minimum Gasteiger partial charge on any atom is -0.508 e. The summed E-state index contributed by atoms with van der Waals surface area (Å²) in [5.41, 5.74) is 2.75. The fourth-order valence-electron chi connectivity index (χ4n) is 4.35. The summed E-state index contributed by atoms with van der Waals surface area (Å²) >= 11 is 1.24. The molecule has 4 rings (SSSR count). The molecule has 0 spiro atoms. The van der Waals surface area contributed by atoms with Crippen LogP contribution in [0.3, 0.4) is 0 Å². The van der Waals surface area contributed by atoms with Crippen LogP contribution in [0.4, 0.5) is 11.4 Å². The van der Waals surface area contributed by atoms with E-state index < -0.39 is 23.5 Å². The smallest absolute Gasteiger partial charge is 0.294 e. The molecule has 3 aromatic rings. The first kappa shape index (κ1) is 23.5. The van der Waals surface area contributed by atoms with E-state index in [4.69, 9.17) is 0 Å². The first-order chi connectivity index (χ1) is 16.3. The van der Waals surface area contributed by atoms with Crippen molar-refractivity contribution in [3.05, 3.63) is 81.0 Å². The maximum Gasteiger partial charge on any atom is 0.294 e. The summed E-state index contributed by atoms with van der Waals surface area (Å²) in [6, 6.07) is 13.0. The molecule has 2 heterocycles. The Labute approximate surface area is 202 Å². The van der Waals surface area contributed by atoms with E-state index in [0.29, 0.717) is 21.8 Å². The number of Topliss-reactive ketones (excluding diaryl/α,β-unsaturated/α-hetero) is 1. The highest BCUT2D eigenvalue weighted by Crippen LogP contribution is 2.43. The summed E-state index contributed by atoms with van der Waals surface area (Å²) in [4.78, 5) is 35.3. The second kappa shape index (κ2) is 9.30. The molecular formula is C26H27N3O4S. The number of aromatic hydroxyl groups is 1. The minimum atomic E-state index is -0.846. The van der Waals surface area contributed by atoms with Crippen LogP contribution in [0.1, 0.15) is 45.8 Å². The average molecular weight is 478 g/mol. The number of benzene rings is 2. The number of aliphatic hydroxyl groups is 1. The summed E-state index contributed by atoms with van der Waals surface area (Å²) < 4.78 is 0. The SMILES string of the molecule is CCN(CC)c1ccc(N2C(=O)C(O)=C(C(=O)c3sc(C)nc3C)C2c2ccc(O)cc2)cc1. The summed E-state index contributed by atoms with van der Waals surface area (Å²) in [6.45, 7) is 9.40. The number of phenols is 1. The number of anilines is 2. The lowest BCUT2D eigenvalue weighted by atomic mass is 9.94. The lowest BCUT2D eigenvalue weighted by Crippen LogP contribution is -2.31. The Morgan fingerprint density at radius 1 is 1.03 bits per heavy atom. The number of rotatable bonds is 7. The number of phenolic OH excluding ortho intramolecular Hbond substituents is 1. The summed E-state index contributed by atoms with van der Waals surface area (Å²) in [6.07, 6.45) is 0. The Bertz CT molecular complexity index is 1260. The summed E-state index contributed by atoms with van der Waals surface area (Å²) in [5.74, 6) is -1.57. The van der Waals surface area contributed by atoms with E-state index in [1.54, 1.807) is 19.1 Å². The minimum absolute atomic E-state index is 0.00950. The Hall–Kier alpha value is -3.65. The quantitative estimate of drug-likeness (QED) is 0.460. The maximum atomic E-state index is 13.6. The van der Waals surface area contributed by atoms with Gasteiger partial charge in [0.25, 0.3) is 5.91 Å². The summed E-state index contributed by atoms with van der Waals surface area (Å²) in [7, 11) is 0. The van der Waals surface area contributed by atoms with Crippen molar-refractivity contribution in [3.8, 4) is 5.75 Å². The van der Waals surface area contributed by atoms with E-state index in [2.05, 4.69) is 23.7 Å². The highest BCUT2D eigenvalue weighted by molar-refractivity contribution is 7.14. The van der Waals surface area contributed by atoms with Crippen molar-refractivity contribution in [2.45, 2.75) is 33.7 Å². The van der Waals surface area contributed by atoms with E-state index in [1.165, 1.54) is 28.4 Å². The third-order valence-corrected chi connectivity index (χ3v) is 7.10. The van der Waals surface area contributed by atoms with Crippen molar-refractivity contribution >= 4 is 34.4 Å². The largest absolute Gasteiger partial charge is 0.508 e. The lowest BCUT2D eigenvalue weighted by Gasteiger charge is -2.28. The molecule has 8 heteroatoms. The van der Waals surface area contributed by atoms with Gasteiger partial charge in [0.1, 0.15) is 5.75 Å². The maximum absolute atomic E-state index is 13.6. The van der Waals surface area contributed by atoms with E-state index in [-0.39, 0.29) is 11.3 Å². The molecule has 7 nitrogen and oxygen atoms in total. The van der Waals surface area contributed by atoms with E-state index in [9.17, 15) is 19.8 Å². The van der Waals surface area contributed by atoms with Gasteiger partial charge in [0, 0.05) is 24.5 Å². The van der Waals surface area contributed by atoms with Gasteiger partial charge < -0.3 is 15.1 Å². The van der Waals surface area contributed by atoms with Gasteiger partial charge >= 0.3 is 0 Å². The molecule has 0 saturated carbocycles. The van der Waals surface area contributed by atoms with Gasteiger partial charge in [-0.25, -0.2) is 4.98 Å². The highest BCUT2D eigenvalue weighted by atomic mass is 32.1. The average Bonchev–Trinajstić information content (AvgIpc) is 3.30. The zero-order valence-corrected chi connectivity index (χ0v) is 20.4. The predicted molar refractivity (Wildman–Crippen MR) is 134 cm³/mol. The number of aromatic nitrogens is 1. The lowest BCUT2D eigenvalue weighted by molar-refractivity contribution is -0.117. The fourth-order valence-corrected chi connectivity index (χ4v) is 5.23. The van der Waals surface area contributed by atoms with Crippen LogP contribution in [0.25, 0.3) is 0 Å². The van der Waals surface area contributed by atoms with Crippen LogP contribution in [0.15, 0.2) is 59.9 Å². The van der Waals surface area contributed by atoms with Crippen molar-refractivity contribution in [2.24, 2.45) is 0 Å². The van der Waals surface area contributed by atoms with E-state index in [0.717, 1.165) is 23.8 Å². The van der Waals surface area contributed by atoms with Gasteiger partial charge in [-0.3, -0.25) is 14.5 Å². The number of carbonyl (C=O) groups excluding carboxylic acids is 2. The molecule has 1 unspecified atom stereocenters. The van der Waals surface area contributed by atoms with Crippen LogP contribution in [0.2, 0.25) is 0 Å². The molecule has 0 aliphatic carbocycles. The zero-order valence-electron chi connectivity index (χ0n) is 19.6. The van der Waals surface area contributed by atoms with Crippen molar-refractivity contribution in [1.29, 1.82) is 0 Å². The number of amides is 1. The molecule has 176 valence electrons. The number of hydrogen-bond donors (Lipinski definition) is 2. The molecule has 34 heavy (non-hydrogen) atoms. The Morgan fingerprint density at radius 3 is 2.18 bits per heavy atom. The molecule has 2 aromatic carbocycles. The van der Waals surface area contributed by atoms with Gasteiger partial charge in [-0.2, -0.15) is 0 Å². The predicted octanol–water partition coefficient (Wildman–Crippen LogP) is 5.09. The van der Waals surface area contributed by atoms with Gasteiger partial charge in [0.05, 0.1) is 27.2 Å². The molecule has 1 aromatic heterocycles. The fraction of sp³-hybridized carbons (Fsp3) is 0.269. The van der Waals surface area contributed by atoms with Crippen LogP contribution in [-0.2, 0) is 4.79 Å². The van der Waals surface area contributed by atoms with Crippen LogP contribution in [0.5, 0.6) is 5.75 Å². The zero-order chi connectivity index (χ0) is 24.6. The van der Waals surface area contributed by atoms with Crippen LogP contribution in [0, 0.1) is 13.8 Å². The molecule has 1 aliphatic rings. The van der Waals surface area contributed by atoms with Gasteiger partial charge in [-0.15, -0.1) is 11.3 Å². The number of ketones is 1. The van der Waals surface area contributed by atoms with Crippen molar-refractivity contribution in [3.63, 3.8) is 0 Å². The molecule has 0 radical (unpaired) electrons. The monoisotopic (exact) mass is 477 g/mol. The van der Waals surface area contributed by atoms with Crippen molar-refractivity contribution in [1.82, 2.24) is 4.98 Å². The third kappa shape index (κ3) is 4.05. The van der Waals surface area contributed by atoms with Crippen molar-refractivity contribution in [2.75, 3.05) is 22.9 Å². The topological polar surface area (TPSA) is 94.0 Å². The molecule has 2 N–H and O–H groups in total. The molecule has 1 aliphatic heterocycles. The van der Waals surface area contributed by atoms with Crippen LogP contribution < -0.4 is 9.80 Å². The van der Waals surface area contributed by atoms with Gasteiger partial charge in [0.15, 0.2) is 5.76 Å². The number of aryl methyl sites for hydroxylation is 2. The van der Waals surface area contributed by atoms with Gasteiger partial charge in [-0.05, 0) is 69.7 Å². The van der Waals surface area contributed by atoms with Crippen LogP contribution >= 0.6 is 11.3 Å². The summed E-state index contributed by atoms with van der Waals surface area (Å²) in [5, 5.41) is 21.4. The van der Waals surface area contributed by atoms with E-state index in [1.807, 2.05) is 31.2 Å². The Morgan fingerprint density at radius 2 is 1.65 bits per heavy atom. The second-order valence-corrected chi connectivity index (χ2v) is 9.30. The number of nitrogens with zero attached hydrogens (tertiary/aromatic N) is 3. The molecular weight excluding hydrogens is 450 g/mol. The van der Waals surface area contributed by atoms with E-state index >= 15 is 0 Å². The Balaban J connectivity index is 1.82. The first-order valence-electron chi connectivity index (χ1n) is 11.2. The highest BCUT2D eigenvalue weighted by Gasteiger charge is 2.45. The van der Waals surface area contributed by atoms with Crippen LogP contribution in [-0.4, -0.2) is 40.0 Å². The van der Waals surface area contributed by atoms with Crippen molar-refractivity contribution < 1.29 is 19.8 Å². The molecule has 0 bridgehead atoms. The number of carbonyl (C=O) groups is 2. The Kier molecular flexibility index (Phi) is 6.43. The normalized spacial score (nSPS) is 15.8. The molecule has 0 saturated heterocycles. The van der Waals surface area contributed by atoms with Gasteiger partial charge in [-0.1, -0.05) is 12.1 Å². The molecule has 1 atom stereocenters. The number of hydrogen-bond acceptors (Lipinski definition) is 7. The van der Waals surface area contributed by atoms with Gasteiger partial charge in [0.2, 0.25) is 5.78 Å².